The summed E-state index contributed by atoms with van der Waals surface area (Å²) in [5.41, 5.74) is 7.01. The minimum Gasteiger partial charge on any atom is -0.507 e. The molecule has 0 atom stereocenters. The molecule has 1 N–H and O–H groups in total. The van der Waals surface area contributed by atoms with E-state index in [4.69, 9.17) is 14.4 Å². The fourth-order valence-electron chi connectivity index (χ4n) is 5.29. The van der Waals surface area contributed by atoms with Crippen molar-refractivity contribution in [3.05, 3.63) is 121 Å². The van der Waals surface area contributed by atoms with Crippen LogP contribution in [0.1, 0.15) is 11.3 Å². The molecule has 0 bridgehead atoms. The van der Waals surface area contributed by atoms with Crippen LogP contribution in [0.2, 0.25) is 0 Å². The fraction of sp³-hybridized carbons (Fsp3) is 0.0588. The largest absolute Gasteiger partial charge is 0.507 e. The zero-order valence-electron chi connectivity index (χ0n) is 22.5. The third-order valence-corrected chi connectivity index (χ3v) is 7.17. The number of rotatable bonds is 5. The predicted molar refractivity (Wildman–Crippen MR) is 162 cm³/mol. The molecule has 3 aromatic carbocycles. The first kappa shape index (κ1) is 24.5. The van der Waals surface area contributed by atoms with Gasteiger partial charge in [-0.15, -0.1) is 0 Å². The van der Waals surface area contributed by atoms with E-state index in [0.717, 1.165) is 44.8 Å². The van der Waals surface area contributed by atoms with Gasteiger partial charge in [0, 0.05) is 34.6 Å². The predicted octanol–water partition coefficient (Wildman–Crippen LogP) is 8.29. The molecule has 7 heteroatoms. The number of phenolic OH excluding ortho intramolecular Hbond substituents is 1. The van der Waals surface area contributed by atoms with Crippen LogP contribution in [0.3, 0.4) is 0 Å². The van der Waals surface area contributed by atoms with E-state index < -0.39 is 0 Å². The SMILES string of the molecule is Cc1ccnc(C)c1N(c1cccc(-c2nc(-c3ccccc3O)c3c(n2)oc2ccccc23)c1)c1ccccn1. The van der Waals surface area contributed by atoms with Crippen molar-refractivity contribution < 1.29 is 9.52 Å². The fourth-order valence-corrected chi connectivity index (χ4v) is 5.29. The number of benzene rings is 3. The number of aromatic hydroxyl groups is 1. The van der Waals surface area contributed by atoms with Gasteiger partial charge in [0.1, 0.15) is 17.2 Å². The maximum Gasteiger partial charge on any atom is 0.231 e. The van der Waals surface area contributed by atoms with E-state index in [1.54, 1.807) is 18.3 Å². The van der Waals surface area contributed by atoms with Crippen LogP contribution in [-0.4, -0.2) is 25.0 Å². The summed E-state index contributed by atoms with van der Waals surface area (Å²) in [6, 6.07) is 30.9. The molecule has 0 fully saturated rings. The minimum absolute atomic E-state index is 0.140. The lowest BCUT2D eigenvalue weighted by Crippen LogP contribution is -2.14. The van der Waals surface area contributed by atoms with Gasteiger partial charge >= 0.3 is 0 Å². The number of pyridine rings is 2. The minimum atomic E-state index is 0.140. The number of anilines is 3. The molecule has 7 nitrogen and oxygen atoms in total. The third-order valence-electron chi connectivity index (χ3n) is 7.17. The Morgan fingerprint density at radius 1 is 0.756 bits per heavy atom. The Kier molecular flexibility index (Phi) is 5.90. The highest BCUT2D eigenvalue weighted by Crippen LogP contribution is 2.41. The van der Waals surface area contributed by atoms with Gasteiger partial charge in [0.2, 0.25) is 5.71 Å². The second-order valence-electron chi connectivity index (χ2n) is 9.83. The van der Waals surface area contributed by atoms with Crippen LogP contribution >= 0.6 is 0 Å². The smallest absolute Gasteiger partial charge is 0.231 e. The van der Waals surface area contributed by atoms with Gasteiger partial charge in [-0.25, -0.2) is 9.97 Å². The summed E-state index contributed by atoms with van der Waals surface area (Å²) in [4.78, 5) is 21.2. The van der Waals surface area contributed by atoms with Crippen LogP contribution in [0.4, 0.5) is 17.2 Å². The zero-order chi connectivity index (χ0) is 27.9. The number of para-hydroxylation sites is 2. The maximum atomic E-state index is 10.8. The molecule has 0 saturated carbocycles. The lowest BCUT2D eigenvalue weighted by molar-refractivity contribution is 0.477. The zero-order valence-corrected chi connectivity index (χ0v) is 22.5. The third kappa shape index (κ3) is 4.24. The van der Waals surface area contributed by atoms with Crippen LogP contribution in [0.15, 0.2) is 114 Å². The Balaban J connectivity index is 1.46. The highest BCUT2D eigenvalue weighted by molar-refractivity contribution is 6.11. The van der Waals surface area contributed by atoms with Crippen LogP contribution in [0, 0.1) is 13.8 Å². The molecule has 0 aliphatic carbocycles. The molecule has 0 aliphatic heterocycles. The van der Waals surface area contributed by atoms with Crippen molar-refractivity contribution in [2.45, 2.75) is 13.8 Å². The average molecular weight is 536 g/mol. The Hall–Kier alpha value is -5.56. The maximum absolute atomic E-state index is 10.8. The molecule has 4 aromatic heterocycles. The lowest BCUT2D eigenvalue weighted by atomic mass is 10.0. The molecular formula is C34H25N5O2. The van der Waals surface area contributed by atoms with Crippen molar-refractivity contribution in [2.24, 2.45) is 0 Å². The molecule has 0 aliphatic rings. The summed E-state index contributed by atoms with van der Waals surface area (Å²) < 4.78 is 6.20. The van der Waals surface area contributed by atoms with Gasteiger partial charge in [-0.05, 0) is 67.9 Å². The van der Waals surface area contributed by atoms with Gasteiger partial charge in [-0.3, -0.25) is 9.88 Å². The van der Waals surface area contributed by atoms with Gasteiger partial charge in [0.05, 0.1) is 22.5 Å². The summed E-state index contributed by atoms with van der Waals surface area (Å²) >= 11 is 0. The van der Waals surface area contributed by atoms with Crippen molar-refractivity contribution >= 4 is 39.3 Å². The van der Waals surface area contributed by atoms with Gasteiger partial charge in [0.25, 0.3) is 0 Å². The number of furan rings is 1. The number of hydrogen-bond acceptors (Lipinski definition) is 7. The molecule has 7 aromatic rings. The molecule has 0 amide bonds. The quantitative estimate of drug-likeness (QED) is 0.237. The van der Waals surface area contributed by atoms with Crippen LogP contribution in [-0.2, 0) is 0 Å². The Labute approximate surface area is 236 Å². The molecule has 7 rings (SSSR count). The Morgan fingerprint density at radius 3 is 2.41 bits per heavy atom. The second kappa shape index (κ2) is 9.88. The van der Waals surface area contributed by atoms with E-state index in [1.807, 2.05) is 98.0 Å². The standard InChI is InChI=1S/C34H25N5O2/c1-21-17-19-35-22(2)32(21)39(29-16-7-8-18-36-29)24-11-9-10-23(20-24)33-37-31(25-12-3-5-14-27(25)40)30-26-13-4-6-15-28(26)41-34(30)38-33/h3-20,40H,1-2H3. The number of nitrogens with zero attached hydrogens (tertiary/aromatic N) is 5. The number of hydrogen-bond donors (Lipinski definition) is 1. The number of phenols is 1. The van der Waals surface area contributed by atoms with E-state index in [9.17, 15) is 5.11 Å². The van der Waals surface area contributed by atoms with Crippen molar-refractivity contribution in [1.82, 2.24) is 19.9 Å². The van der Waals surface area contributed by atoms with Crippen molar-refractivity contribution in [3.8, 4) is 28.4 Å². The van der Waals surface area contributed by atoms with Crippen LogP contribution in [0.25, 0.3) is 44.7 Å². The average Bonchev–Trinajstić information content (AvgIpc) is 3.38. The molecular weight excluding hydrogens is 510 g/mol. The summed E-state index contributed by atoms with van der Waals surface area (Å²) in [6.45, 7) is 4.07. The topological polar surface area (TPSA) is 88.2 Å². The number of aryl methyl sites for hydroxylation is 2. The highest BCUT2D eigenvalue weighted by atomic mass is 16.3. The molecule has 41 heavy (non-hydrogen) atoms. The van der Waals surface area contributed by atoms with Gasteiger partial charge < -0.3 is 9.52 Å². The van der Waals surface area contributed by atoms with Crippen LogP contribution < -0.4 is 4.90 Å². The van der Waals surface area contributed by atoms with Crippen molar-refractivity contribution in [2.75, 3.05) is 4.90 Å². The molecule has 0 saturated heterocycles. The number of aromatic nitrogens is 4. The van der Waals surface area contributed by atoms with Crippen LogP contribution in [0.5, 0.6) is 5.75 Å². The lowest BCUT2D eigenvalue weighted by Gasteiger charge is -2.27. The Morgan fingerprint density at radius 2 is 1.59 bits per heavy atom. The van der Waals surface area contributed by atoms with Gasteiger partial charge in [-0.1, -0.05) is 48.5 Å². The van der Waals surface area contributed by atoms with Gasteiger partial charge in [0.15, 0.2) is 5.82 Å². The van der Waals surface area contributed by atoms with E-state index in [-0.39, 0.29) is 5.75 Å². The molecule has 4 heterocycles. The first-order valence-corrected chi connectivity index (χ1v) is 13.3. The van der Waals surface area contributed by atoms with Gasteiger partial charge in [-0.2, -0.15) is 4.98 Å². The van der Waals surface area contributed by atoms with E-state index in [2.05, 4.69) is 21.8 Å². The number of fused-ring (bicyclic) bond motifs is 3. The first-order valence-electron chi connectivity index (χ1n) is 13.3. The molecule has 198 valence electrons. The Bertz CT molecular complexity index is 2030. The first-order chi connectivity index (χ1) is 20.1. The summed E-state index contributed by atoms with van der Waals surface area (Å²) in [7, 11) is 0. The van der Waals surface area contributed by atoms with E-state index in [1.165, 1.54) is 0 Å². The summed E-state index contributed by atoms with van der Waals surface area (Å²) in [6.07, 6.45) is 3.60. The second-order valence-corrected chi connectivity index (χ2v) is 9.83. The highest BCUT2D eigenvalue weighted by Gasteiger charge is 2.22. The summed E-state index contributed by atoms with van der Waals surface area (Å²) in [5, 5.41) is 12.5. The van der Waals surface area contributed by atoms with E-state index >= 15 is 0 Å². The monoisotopic (exact) mass is 535 g/mol. The molecule has 0 spiro atoms. The molecule has 0 radical (unpaired) electrons. The van der Waals surface area contributed by atoms with Crippen molar-refractivity contribution in [1.29, 1.82) is 0 Å². The van der Waals surface area contributed by atoms with Crippen molar-refractivity contribution in [3.63, 3.8) is 0 Å². The summed E-state index contributed by atoms with van der Waals surface area (Å²) in [5.74, 6) is 1.39. The van der Waals surface area contributed by atoms with E-state index in [0.29, 0.717) is 28.4 Å². The molecule has 0 unspecified atom stereocenters. The normalized spacial score (nSPS) is 11.3.